The first-order valence-electron chi connectivity index (χ1n) is 5.65. The molecular formula is C12H18N4O. The third-order valence-corrected chi connectivity index (χ3v) is 2.91. The molecule has 0 aliphatic carbocycles. The van der Waals surface area contributed by atoms with E-state index < -0.39 is 6.10 Å². The fourth-order valence-corrected chi connectivity index (χ4v) is 2.11. The predicted molar refractivity (Wildman–Crippen MR) is 64.6 cm³/mol. The quantitative estimate of drug-likeness (QED) is 0.863. The van der Waals surface area contributed by atoms with Gasteiger partial charge in [-0.3, -0.25) is 9.36 Å². The van der Waals surface area contributed by atoms with Crippen molar-refractivity contribution < 1.29 is 5.11 Å². The van der Waals surface area contributed by atoms with Crippen molar-refractivity contribution in [2.75, 3.05) is 0 Å². The number of aryl methyl sites for hydroxylation is 4. The van der Waals surface area contributed by atoms with E-state index in [1.807, 2.05) is 44.9 Å². The molecule has 0 amide bonds. The summed E-state index contributed by atoms with van der Waals surface area (Å²) in [6.07, 6.45) is 1.89. The summed E-state index contributed by atoms with van der Waals surface area (Å²) in [6.45, 7) is 3.86. The third kappa shape index (κ3) is 2.39. The van der Waals surface area contributed by atoms with Crippen molar-refractivity contribution in [1.29, 1.82) is 0 Å². The van der Waals surface area contributed by atoms with E-state index in [1.54, 1.807) is 4.68 Å². The smallest absolute Gasteiger partial charge is 0.0878 e. The average Bonchev–Trinajstić information content (AvgIpc) is 2.70. The standard InChI is InChI=1S/C12H18N4O/c1-8-5-10(16(4)13-8)6-12(17)11-7-15(3)14-9(11)2/h5,7,12,17H,6H2,1-4H3. The van der Waals surface area contributed by atoms with Crippen molar-refractivity contribution >= 4 is 0 Å². The van der Waals surface area contributed by atoms with Crippen LogP contribution in [0.15, 0.2) is 12.3 Å². The van der Waals surface area contributed by atoms with E-state index in [2.05, 4.69) is 10.2 Å². The Hall–Kier alpha value is -1.62. The molecule has 0 radical (unpaired) electrons. The fourth-order valence-electron chi connectivity index (χ4n) is 2.11. The molecule has 0 saturated heterocycles. The lowest BCUT2D eigenvalue weighted by atomic mass is 10.1. The average molecular weight is 234 g/mol. The molecule has 5 nitrogen and oxygen atoms in total. The van der Waals surface area contributed by atoms with Gasteiger partial charge in [-0.25, -0.2) is 0 Å². The molecule has 2 aromatic rings. The van der Waals surface area contributed by atoms with E-state index in [-0.39, 0.29) is 0 Å². The molecule has 0 spiro atoms. The first kappa shape index (κ1) is 11.9. The molecular weight excluding hydrogens is 216 g/mol. The summed E-state index contributed by atoms with van der Waals surface area (Å²) < 4.78 is 3.53. The van der Waals surface area contributed by atoms with Crippen LogP contribution >= 0.6 is 0 Å². The molecule has 0 saturated carbocycles. The van der Waals surface area contributed by atoms with E-state index in [0.29, 0.717) is 6.42 Å². The minimum absolute atomic E-state index is 0.529. The molecule has 5 heteroatoms. The maximum atomic E-state index is 10.2. The zero-order chi connectivity index (χ0) is 12.6. The number of hydrogen-bond donors (Lipinski definition) is 1. The minimum atomic E-state index is -0.529. The van der Waals surface area contributed by atoms with Gasteiger partial charge in [0.25, 0.3) is 0 Å². The topological polar surface area (TPSA) is 55.9 Å². The summed E-state index contributed by atoms with van der Waals surface area (Å²) in [6, 6.07) is 1.99. The number of rotatable bonds is 3. The summed E-state index contributed by atoms with van der Waals surface area (Å²) in [5, 5.41) is 18.7. The second-order valence-corrected chi connectivity index (χ2v) is 4.46. The number of aliphatic hydroxyl groups is 1. The Morgan fingerprint density at radius 3 is 2.47 bits per heavy atom. The molecule has 17 heavy (non-hydrogen) atoms. The van der Waals surface area contributed by atoms with Crippen LogP contribution in [0.1, 0.15) is 28.7 Å². The van der Waals surface area contributed by atoms with Gasteiger partial charge in [-0.15, -0.1) is 0 Å². The van der Waals surface area contributed by atoms with Gasteiger partial charge in [0.1, 0.15) is 0 Å². The Morgan fingerprint density at radius 2 is 2.00 bits per heavy atom. The Bertz CT molecular complexity index is 527. The molecule has 92 valence electrons. The molecule has 1 N–H and O–H groups in total. The van der Waals surface area contributed by atoms with Gasteiger partial charge in [-0.1, -0.05) is 0 Å². The van der Waals surface area contributed by atoms with Gasteiger partial charge >= 0.3 is 0 Å². The highest BCUT2D eigenvalue weighted by atomic mass is 16.3. The van der Waals surface area contributed by atoms with Crippen molar-refractivity contribution in [2.24, 2.45) is 14.1 Å². The van der Waals surface area contributed by atoms with E-state index in [0.717, 1.165) is 22.6 Å². The van der Waals surface area contributed by atoms with Crippen molar-refractivity contribution in [3.8, 4) is 0 Å². The zero-order valence-corrected chi connectivity index (χ0v) is 10.7. The molecule has 0 aromatic carbocycles. The zero-order valence-electron chi connectivity index (χ0n) is 10.7. The highest BCUT2D eigenvalue weighted by Gasteiger charge is 2.16. The van der Waals surface area contributed by atoms with Crippen LogP contribution in [-0.2, 0) is 20.5 Å². The first-order valence-corrected chi connectivity index (χ1v) is 5.65. The third-order valence-electron chi connectivity index (χ3n) is 2.91. The van der Waals surface area contributed by atoms with Crippen molar-refractivity contribution in [2.45, 2.75) is 26.4 Å². The van der Waals surface area contributed by atoms with Crippen LogP contribution in [-0.4, -0.2) is 24.7 Å². The second-order valence-electron chi connectivity index (χ2n) is 4.46. The van der Waals surface area contributed by atoms with Crippen LogP contribution in [0.25, 0.3) is 0 Å². The molecule has 2 aromatic heterocycles. The Balaban J connectivity index is 2.19. The van der Waals surface area contributed by atoms with Gasteiger partial charge in [-0.2, -0.15) is 10.2 Å². The van der Waals surface area contributed by atoms with Crippen molar-refractivity contribution in [3.63, 3.8) is 0 Å². The van der Waals surface area contributed by atoms with E-state index >= 15 is 0 Å². The maximum Gasteiger partial charge on any atom is 0.0878 e. The molecule has 0 aliphatic heterocycles. The van der Waals surface area contributed by atoms with Gasteiger partial charge in [0.05, 0.1) is 17.5 Å². The van der Waals surface area contributed by atoms with Crippen LogP contribution in [0.5, 0.6) is 0 Å². The largest absolute Gasteiger partial charge is 0.388 e. The Kier molecular flexibility index (Phi) is 3.02. The molecule has 1 atom stereocenters. The predicted octanol–water partition coefficient (Wildman–Crippen LogP) is 1.05. The lowest BCUT2D eigenvalue weighted by Gasteiger charge is -2.09. The molecule has 2 rings (SSSR count). The molecule has 0 fully saturated rings. The van der Waals surface area contributed by atoms with Crippen LogP contribution in [0.3, 0.4) is 0 Å². The lowest BCUT2D eigenvalue weighted by molar-refractivity contribution is 0.175. The monoisotopic (exact) mass is 234 g/mol. The SMILES string of the molecule is Cc1cc(CC(O)c2cn(C)nc2C)n(C)n1. The van der Waals surface area contributed by atoms with Crippen LogP contribution in [0, 0.1) is 13.8 Å². The van der Waals surface area contributed by atoms with Crippen LogP contribution < -0.4 is 0 Å². The Morgan fingerprint density at radius 1 is 1.29 bits per heavy atom. The van der Waals surface area contributed by atoms with Gasteiger partial charge in [0, 0.05) is 38.0 Å². The minimum Gasteiger partial charge on any atom is -0.388 e. The second kappa shape index (κ2) is 4.33. The molecule has 0 bridgehead atoms. The van der Waals surface area contributed by atoms with E-state index in [4.69, 9.17) is 0 Å². The van der Waals surface area contributed by atoms with Crippen molar-refractivity contribution in [3.05, 3.63) is 34.9 Å². The number of aliphatic hydroxyl groups excluding tert-OH is 1. The maximum absolute atomic E-state index is 10.2. The van der Waals surface area contributed by atoms with E-state index in [1.165, 1.54) is 0 Å². The molecule has 0 aliphatic rings. The summed E-state index contributed by atoms with van der Waals surface area (Å²) in [4.78, 5) is 0. The summed E-state index contributed by atoms with van der Waals surface area (Å²) in [7, 11) is 3.75. The van der Waals surface area contributed by atoms with Crippen molar-refractivity contribution in [1.82, 2.24) is 19.6 Å². The Labute approximate surface area is 101 Å². The lowest BCUT2D eigenvalue weighted by Crippen LogP contribution is -2.06. The van der Waals surface area contributed by atoms with Crippen LogP contribution in [0.2, 0.25) is 0 Å². The highest BCUT2D eigenvalue weighted by Crippen LogP contribution is 2.20. The highest BCUT2D eigenvalue weighted by molar-refractivity contribution is 5.21. The fraction of sp³-hybridized carbons (Fsp3) is 0.500. The van der Waals surface area contributed by atoms with Gasteiger partial charge in [0.15, 0.2) is 0 Å². The normalized spacial score (nSPS) is 13.0. The summed E-state index contributed by atoms with van der Waals surface area (Å²) >= 11 is 0. The van der Waals surface area contributed by atoms with Gasteiger partial charge < -0.3 is 5.11 Å². The number of hydrogen-bond acceptors (Lipinski definition) is 3. The molecule has 1 unspecified atom stereocenters. The number of nitrogens with zero attached hydrogens (tertiary/aromatic N) is 4. The van der Waals surface area contributed by atoms with Gasteiger partial charge in [-0.05, 0) is 19.9 Å². The number of aromatic nitrogens is 4. The molecule has 2 heterocycles. The van der Waals surface area contributed by atoms with Crippen LogP contribution in [0.4, 0.5) is 0 Å². The first-order chi connectivity index (χ1) is 7.97. The van der Waals surface area contributed by atoms with E-state index in [9.17, 15) is 5.11 Å². The van der Waals surface area contributed by atoms with Gasteiger partial charge in [0.2, 0.25) is 0 Å². The summed E-state index contributed by atoms with van der Waals surface area (Å²) in [5.41, 5.74) is 3.75. The summed E-state index contributed by atoms with van der Waals surface area (Å²) in [5.74, 6) is 0.